The maximum atomic E-state index is 6.20. The quantitative estimate of drug-likeness (QED) is 0.845. The maximum Gasteiger partial charge on any atom is 0.259 e. The van der Waals surface area contributed by atoms with Crippen LogP contribution >= 0.6 is 22.9 Å². The molecule has 2 aromatic rings. The van der Waals surface area contributed by atoms with E-state index in [2.05, 4.69) is 36.3 Å². The number of aromatic nitrogens is 2. The van der Waals surface area contributed by atoms with Crippen LogP contribution in [-0.4, -0.2) is 22.3 Å². The van der Waals surface area contributed by atoms with Crippen molar-refractivity contribution < 1.29 is 4.42 Å². The molecule has 0 atom stereocenters. The van der Waals surface area contributed by atoms with Gasteiger partial charge in [-0.25, -0.2) is 0 Å². The summed E-state index contributed by atoms with van der Waals surface area (Å²) in [5, 5.41) is 14.3. The highest BCUT2D eigenvalue weighted by atomic mass is 35.5. The number of hydrogen-bond donors (Lipinski definition) is 1. The molecule has 0 amide bonds. The van der Waals surface area contributed by atoms with E-state index in [1.807, 2.05) is 12.3 Å². The van der Waals surface area contributed by atoms with Crippen molar-refractivity contribution in [1.29, 1.82) is 0 Å². The molecule has 0 aromatic carbocycles. The van der Waals surface area contributed by atoms with Crippen LogP contribution in [-0.2, 0) is 6.42 Å². The Morgan fingerprint density at radius 2 is 2.10 bits per heavy atom. The van der Waals surface area contributed by atoms with Crippen LogP contribution in [0.1, 0.15) is 38.6 Å². The normalized spacial score (nSPS) is 12.1. The lowest BCUT2D eigenvalue weighted by Gasteiger charge is -2.19. The van der Waals surface area contributed by atoms with E-state index in [-0.39, 0.29) is 5.54 Å². The molecule has 0 fully saturated rings. The zero-order valence-corrected chi connectivity index (χ0v) is 13.9. The molecular weight excluding hydrogens is 294 g/mol. The van der Waals surface area contributed by atoms with Gasteiger partial charge in [-0.2, -0.15) is 0 Å². The Labute approximate surface area is 128 Å². The van der Waals surface area contributed by atoms with Crippen LogP contribution in [0.2, 0.25) is 5.02 Å². The van der Waals surface area contributed by atoms with Gasteiger partial charge in [0.25, 0.3) is 5.89 Å². The molecule has 2 aromatic heterocycles. The molecule has 0 unspecified atom stereocenters. The van der Waals surface area contributed by atoms with Crippen molar-refractivity contribution in [2.45, 2.75) is 46.1 Å². The predicted octanol–water partition coefficient (Wildman–Crippen LogP) is 4.08. The van der Waals surface area contributed by atoms with E-state index in [0.29, 0.717) is 16.8 Å². The molecule has 1 N–H and O–H groups in total. The van der Waals surface area contributed by atoms with Crippen LogP contribution in [0.4, 0.5) is 0 Å². The van der Waals surface area contributed by atoms with Gasteiger partial charge in [0.15, 0.2) is 0 Å². The van der Waals surface area contributed by atoms with Crippen molar-refractivity contribution in [3.05, 3.63) is 21.9 Å². The topological polar surface area (TPSA) is 51.0 Å². The fourth-order valence-corrected chi connectivity index (χ4v) is 2.92. The Balaban J connectivity index is 1.91. The van der Waals surface area contributed by atoms with E-state index >= 15 is 0 Å². The summed E-state index contributed by atoms with van der Waals surface area (Å²) in [4.78, 5) is 0.857. The van der Waals surface area contributed by atoms with E-state index in [1.165, 1.54) is 11.3 Å². The average molecular weight is 314 g/mol. The summed E-state index contributed by atoms with van der Waals surface area (Å²) in [7, 11) is 0. The van der Waals surface area contributed by atoms with Crippen molar-refractivity contribution >= 4 is 22.9 Å². The number of nitrogens with one attached hydrogen (secondary N) is 1. The summed E-state index contributed by atoms with van der Waals surface area (Å²) < 4.78 is 5.67. The molecule has 0 spiro atoms. The predicted molar refractivity (Wildman–Crippen MR) is 83.4 cm³/mol. The number of aryl methyl sites for hydroxylation is 2. The summed E-state index contributed by atoms with van der Waals surface area (Å²) in [6, 6.07) is 0. The minimum absolute atomic E-state index is 0.141. The summed E-state index contributed by atoms with van der Waals surface area (Å²) in [5.41, 5.74) is 1.18. The minimum Gasteiger partial charge on any atom is -0.420 e. The number of thiophene rings is 1. The van der Waals surface area contributed by atoms with E-state index < -0.39 is 0 Å². The Bertz CT molecular complexity index is 571. The highest BCUT2D eigenvalue weighted by Crippen LogP contribution is 2.35. The zero-order chi connectivity index (χ0) is 14.8. The van der Waals surface area contributed by atoms with E-state index in [9.17, 15) is 0 Å². The average Bonchev–Trinajstić information content (AvgIpc) is 2.93. The second-order valence-electron chi connectivity index (χ2n) is 5.84. The number of halogens is 1. The Kier molecular flexibility index (Phi) is 4.83. The molecule has 20 heavy (non-hydrogen) atoms. The Hall–Kier alpha value is -0.910. The van der Waals surface area contributed by atoms with Crippen LogP contribution in [0.25, 0.3) is 10.8 Å². The third kappa shape index (κ3) is 4.04. The van der Waals surface area contributed by atoms with E-state index in [4.69, 9.17) is 16.0 Å². The molecule has 6 heteroatoms. The van der Waals surface area contributed by atoms with Crippen molar-refractivity contribution in [2.75, 3.05) is 6.54 Å². The summed E-state index contributed by atoms with van der Waals surface area (Å²) in [6.07, 6.45) is 1.74. The second-order valence-corrected chi connectivity index (χ2v) is 7.10. The lowest BCUT2D eigenvalue weighted by Crippen LogP contribution is -2.36. The van der Waals surface area contributed by atoms with E-state index in [0.717, 1.165) is 29.8 Å². The Morgan fingerprint density at radius 3 is 2.70 bits per heavy atom. The molecule has 0 bridgehead atoms. The molecule has 0 aliphatic heterocycles. The highest BCUT2D eigenvalue weighted by molar-refractivity contribution is 7.14. The van der Waals surface area contributed by atoms with Gasteiger partial charge in [0.1, 0.15) is 4.88 Å². The maximum absolute atomic E-state index is 6.20. The van der Waals surface area contributed by atoms with Gasteiger partial charge in [-0.1, -0.05) is 11.6 Å². The molecule has 0 saturated heterocycles. The molecule has 0 aliphatic carbocycles. The number of nitrogens with zero attached hydrogens (tertiary/aromatic N) is 2. The molecule has 0 radical (unpaired) electrons. The molecule has 4 nitrogen and oxygen atoms in total. The van der Waals surface area contributed by atoms with Gasteiger partial charge >= 0.3 is 0 Å². The van der Waals surface area contributed by atoms with Crippen molar-refractivity contribution in [3.63, 3.8) is 0 Å². The Morgan fingerprint density at radius 1 is 1.35 bits per heavy atom. The fourth-order valence-electron chi connectivity index (χ4n) is 1.72. The fraction of sp³-hybridized carbons (Fsp3) is 0.571. The van der Waals surface area contributed by atoms with Crippen LogP contribution in [0, 0.1) is 6.92 Å². The number of hydrogen-bond acceptors (Lipinski definition) is 5. The van der Waals surface area contributed by atoms with Gasteiger partial charge in [0, 0.05) is 12.0 Å². The highest BCUT2D eigenvalue weighted by Gasteiger charge is 2.15. The van der Waals surface area contributed by atoms with Crippen molar-refractivity contribution in [3.8, 4) is 10.8 Å². The van der Waals surface area contributed by atoms with Gasteiger partial charge < -0.3 is 9.73 Å². The zero-order valence-electron chi connectivity index (χ0n) is 12.3. The van der Waals surface area contributed by atoms with Gasteiger partial charge in [0.2, 0.25) is 5.89 Å². The molecule has 0 saturated carbocycles. The van der Waals surface area contributed by atoms with Crippen LogP contribution in [0.3, 0.4) is 0 Å². The summed E-state index contributed by atoms with van der Waals surface area (Å²) in [6.45, 7) is 9.36. The lowest BCUT2D eigenvalue weighted by atomic mass is 10.1. The molecule has 2 heterocycles. The lowest BCUT2D eigenvalue weighted by molar-refractivity contribution is 0.413. The SMILES string of the molecule is Cc1csc(-c2nnc(CCCNC(C)(C)C)o2)c1Cl. The smallest absolute Gasteiger partial charge is 0.259 e. The van der Waals surface area contributed by atoms with Crippen LogP contribution in [0.5, 0.6) is 0 Å². The first-order valence-electron chi connectivity index (χ1n) is 6.68. The van der Waals surface area contributed by atoms with Gasteiger partial charge in [-0.05, 0) is 51.6 Å². The van der Waals surface area contributed by atoms with Gasteiger partial charge in [-0.15, -0.1) is 21.5 Å². The van der Waals surface area contributed by atoms with Crippen molar-refractivity contribution in [2.24, 2.45) is 0 Å². The van der Waals surface area contributed by atoms with Crippen LogP contribution < -0.4 is 5.32 Å². The molecule has 2 rings (SSSR count). The summed E-state index contributed by atoms with van der Waals surface area (Å²) >= 11 is 7.74. The number of rotatable bonds is 5. The molecular formula is C14H20ClN3OS. The molecule has 0 aliphatic rings. The third-order valence-electron chi connectivity index (χ3n) is 2.78. The van der Waals surface area contributed by atoms with Gasteiger partial charge in [-0.3, -0.25) is 0 Å². The monoisotopic (exact) mass is 313 g/mol. The molecule has 110 valence electrons. The standard InChI is InChI=1S/C14H20ClN3OS/c1-9-8-20-12(11(9)15)13-18-17-10(19-13)6-5-7-16-14(2,3)4/h8,16H,5-7H2,1-4H3. The van der Waals surface area contributed by atoms with Gasteiger partial charge in [0.05, 0.1) is 5.02 Å². The van der Waals surface area contributed by atoms with Crippen LogP contribution in [0.15, 0.2) is 9.80 Å². The van der Waals surface area contributed by atoms with E-state index in [1.54, 1.807) is 0 Å². The first-order chi connectivity index (χ1) is 9.37. The second kappa shape index (κ2) is 6.24. The summed E-state index contributed by atoms with van der Waals surface area (Å²) in [5.74, 6) is 1.18. The third-order valence-corrected chi connectivity index (χ3v) is 4.47. The van der Waals surface area contributed by atoms with Crippen molar-refractivity contribution in [1.82, 2.24) is 15.5 Å². The first-order valence-corrected chi connectivity index (χ1v) is 7.94. The largest absolute Gasteiger partial charge is 0.420 e. The first kappa shape index (κ1) is 15.5. The minimum atomic E-state index is 0.141.